The number of carbonyl (C=O) groups is 1. The number of sulfone groups is 1. The van der Waals surface area contributed by atoms with E-state index in [9.17, 15) is 26.7 Å². The van der Waals surface area contributed by atoms with Crippen LogP contribution in [0.25, 0.3) is 11.1 Å². The molecule has 35 heavy (non-hydrogen) atoms. The van der Waals surface area contributed by atoms with Gasteiger partial charge in [-0.1, -0.05) is 37.3 Å². The van der Waals surface area contributed by atoms with Gasteiger partial charge in [0, 0.05) is 6.54 Å². The van der Waals surface area contributed by atoms with Crippen molar-refractivity contribution < 1.29 is 31.2 Å². The van der Waals surface area contributed by atoms with Gasteiger partial charge in [0.2, 0.25) is 21.8 Å². The number of nitrogens with zero attached hydrogens (tertiary/aromatic N) is 2. The quantitative estimate of drug-likeness (QED) is 0.455. The van der Waals surface area contributed by atoms with Gasteiger partial charge in [-0.2, -0.15) is 4.31 Å². The third kappa shape index (κ3) is 5.10. The summed E-state index contributed by atoms with van der Waals surface area (Å²) in [5.74, 6) is -0.669. The van der Waals surface area contributed by atoms with E-state index in [1.165, 1.54) is 12.1 Å². The van der Waals surface area contributed by atoms with E-state index in [4.69, 9.17) is 4.42 Å². The van der Waals surface area contributed by atoms with Gasteiger partial charge in [-0.3, -0.25) is 4.79 Å². The van der Waals surface area contributed by atoms with Crippen LogP contribution in [0.2, 0.25) is 0 Å². The smallest absolute Gasteiger partial charge is 0.238 e. The monoisotopic (exact) mass is 521 g/mol. The van der Waals surface area contributed by atoms with Crippen molar-refractivity contribution in [3.05, 3.63) is 60.5 Å². The van der Waals surface area contributed by atoms with E-state index in [2.05, 4.69) is 10.3 Å². The first-order valence-corrected chi connectivity index (χ1v) is 14.5. The molecule has 0 bridgehead atoms. The molecular weight excluding hydrogens is 494 g/mol. The number of aliphatic hydroxyl groups excluding tert-OH is 1. The number of hydrogen-bond donors (Lipinski definition) is 2. The third-order valence-electron chi connectivity index (χ3n) is 6.17. The Morgan fingerprint density at radius 2 is 1.80 bits per heavy atom. The molecule has 10 nitrogen and oxygen atoms in total. The number of para-hydroxylation sites is 2. The maximum Gasteiger partial charge on any atom is 0.238 e. The molecule has 188 valence electrons. The molecule has 0 saturated carbocycles. The van der Waals surface area contributed by atoms with E-state index in [1.54, 1.807) is 49.4 Å². The molecule has 1 fully saturated rings. The summed E-state index contributed by atoms with van der Waals surface area (Å²) in [5.41, 5.74) is 1.03. The van der Waals surface area contributed by atoms with Gasteiger partial charge in [-0.25, -0.2) is 21.8 Å². The van der Waals surface area contributed by atoms with E-state index in [0.29, 0.717) is 17.5 Å². The lowest BCUT2D eigenvalue weighted by atomic mass is 10.1. The van der Waals surface area contributed by atoms with Crippen molar-refractivity contribution in [2.45, 2.75) is 48.1 Å². The molecule has 1 aliphatic rings. The molecule has 0 spiro atoms. The summed E-state index contributed by atoms with van der Waals surface area (Å²) in [6.07, 6.45) is -0.252. The maximum atomic E-state index is 13.2. The van der Waals surface area contributed by atoms with E-state index < -0.39 is 49.2 Å². The molecular formula is C23H27N3O7S2. The van der Waals surface area contributed by atoms with E-state index in [1.807, 2.05) is 0 Å². The number of hydrogen-bond acceptors (Lipinski definition) is 8. The number of sulfonamides is 1. The fraction of sp³-hybridized carbons (Fsp3) is 0.391. The van der Waals surface area contributed by atoms with Crippen molar-refractivity contribution in [1.29, 1.82) is 0 Å². The molecule has 2 unspecified atom stereocenters. The second kappa shape index (κ2) is 9.69. The van der Waals surface area contributed by atoms with Crippen LogP contribution >= 0.6 is 0 Å². The van der Waals surface area contributed by atoms with Crippen molar-refractivity contribution in [3.8, 4) is 0 Å². The zero-order chi connectivity index (χ0) is 25.4. The Morgan fingerprint density at radius 3 is 2.43 bits per heavy atom. The highest BCUT2D eigenvalue weighted by atomic mass is 32.2. The molecule has 2 aromatic carbocycles. The van der Waals surface area contributed by atoms with Gasteiger partial charge in [0.25, 0.3) is 0 Å². The lowest BCUT2D eigenvalue weighted by Crippen LogP contribution is -2.49. The van der Waals surface area contributed by atoms with Crippen LogP contribution in [0.15, 0.2) is 63.9 Å². The standard InChI is InChI=1S/C23H27N3O7S2/c1-3-17(21(27)23-25-18-11-7-8-12-20(18)33-23)24-22(28)19-13-16(14-26(19)34(2,29)30)35(31,32)15-9-5-4-6-10-15/h4-12,16-17,19,21,27H,3,13-14H2,1-2H3,(H,24,28)/t16-,17?,19+,21?/m1/s1. The zero-order valence-electron chi connectivity index (χ0n) is 19.2. The summed E-state index contributed by atoms with van der Waals surface area (Å²) in [6.45, 7) is 1.40. The first kappa shape index (κ1) is 25.3. The fourth-order valence-corrected chi connectivity index (χ4v) is 7.18. The minimum atomic E-state index is -3.89. The SMILES string of the molecule is CCC(NC(=O)[C@@H]1C[C@@H](S(=O)(=O)c2ccccc2)CN1S(C)(=O)=O)C(O)c1nc2ccccc2o1. The van der Waals surface area contributed by atoms with Gasteiger partial charge in [-0.15, -0.1) is 0 Å². The Kier molecular flexibility index (Phi) is 7.00. The molecule has 2 heterocycles. The van der Waals surface area contributed by atoms with Gasteiger partial charge < -0.3 is 14.8 Å². The number of oxazole rings is 1. The first-order chi connectivity index (χ1) is 16.5. The van der Waals surface area contributed by atoms with Crippen LogP contribution in [0.4, 0.5) is 0 Å². The zero-order valence-corrected chi connectivity index (χ0v) is 20.9. The number of aromatic nitrogens is 1. The maximum absolute atomic E-state index is 13.2. The lowest BCUT2D eigenvalue weighted by molar-refractivity contribution is -0.126. The number of fused-ring (bicyclic) bond motifs is 1. The summed E-state index contributed by atoms with van der Waals surface area (Å²) in [6, 6.07) is 12.6. The molecule has 3 aromatic rings. The third-order valence-corrected chi connectivity index (χ3v) is 9.57. The topological polar surface area (TPSA) is 147 Å². The highest BCUT2D eigenvalue weighted by Crippen LogP contribution is 2.30. The molecule has 1 aromatic heterocycles. The van der Waals surface area contributed by atoms with Crippen molar-refractivity contribution in [3.63, 3.8) is 0 Å². The summed E-state index contributed by atoms with van der Waals surface area (Å²) in [7, 11) is -7.76. The predicted molar refractivity (Wildman–Crippen MR) is 129 cm³/mol. The Labute approximate surface area is 203 Å². The van der Waals surface area contributed by atoms with Crippen LogP contribution in [0, 0.1) is 0 Å². The number of rotatable bonds is 8. The van der Waals surface area contributed by atoms with E-state index >= 15 is 0 Å². The fourth-order valence-electron chi connectivity index (χ4n) is 4.27. The number of carbonyl (C=O) groups excluding carboxylic acids is 1. The molecule has 4 rings (SSSR count). The van der Waals surface area contributed by atoms with Crippen LogP contribution in [0.5, 0.6) is 0 Å². The van der Waals surface area contributed by atoms with E-state index in [0.717, 1.165) is 10.6 Å². The summed E-state index contributed by atoms with van der Waals surface area (Å²) in [4.78, 5) is 17.5. The first-order valence-electron chi connectivity index (χ1n) is 11.1. The molecule has 0 aliphatic carbocycles. The summed E-state index contributed by atoms with van der Waals surface area (Å²) >= 11 is 0. The van der Waals surface area contributed by atoms with Crippen molar-refractivity contribution >= 4 is 36.9 Å². The average Bonchev–Trinajstić information content (AvgIpc) is 3.48. The van der Waals surface area contributed by atoms with Crippen LogP contribution in [0.1, 0.15) is 31.8 Å². The van der Waals surface area contributed by atoms with Gasteiger partial charge in [0.15, 0.2) is 21.5 Å². The highest BCUT2D eigenvalue weighted by molar-refractivity contribution is 7.92. The molecule has 4 atom stereocenters. The molecule has 2 N–H and O–H groups in total. The van der Waals surface area contributed by atoms with Crippen LogP contribution < -0.4 is 5.32 Å². The average molecular weight is 522 g/mol. The van der Waals surface area contributed by atoms with Gasteiger partial charge in [0.05, 0.1) is 22.4 Å². The molecule has 0 radical (unpaired) electrons. The van der Waals surface area contributed by atoms with Crippen LogP contribution in [0.3, 0.4) is 0 Å². The normalized spacial score (nSPS) is 21.1. The van der Waals surface area contributed by atoms with Gasteiger partial charge >= 0.3 is 0 Å². The number of benzene rings is 2. The van der Waals surface area contributed by atoms with Crippen LogP contribution in [-0.4, -0.2) is 67.3 Å². The van der Waals surface area contributed by atoms with Gasteiger partial charge in [0.1, 0.15) is 11.6 Å². The largest absolute Gasteiger partial charge is 0.438 e. The second-order valence-corrected chi connectivity index (χ2v) is 12.7. The number of amides is 1. The van der Waals surface area contributed by atoms with Crippen molar-refractivity contribution in [1.82, 2.24) is 14.6 Å². The lowest BCUT2D eigenvalue weighted by Gasteiger charge is -2.26. The van der Waals surface area contributed by atoms with Crippen molar-refractivity contribution in [2.75, 3.05) is 12.8 Å². The summed E-state index contributed by atoms with van der Waals surface area (Å²) in [5, 5.41) is 12.4. The Hall–Kier alpha value is -2.80. The molecule has 12 heteroatoms. The highest BCUT2D eigenvalue weighted by Gasteiger charge is 2.47. The summed E-state index contributed by atoms with van der Waals surface area (Å²) < 4.78 is 57.6. The predicted octanol–water partition coefficient (Wildman–Crippen LogP) is 1.63. The Balaban J connectivity index is 1.56. The number of aliphatic hydroxyl groups is 1. The molecule has 1 aliphatic heterocycles. The number of nitrogens with one attached hydrogen (secondary N) is 1. The molecule has 1 amide bonds. The second-order valence-electron chi connectivity index (χ2n) is 8.55. The van der Waals surface area contributed by atoms with E-state index in [-0.39, 0.29) is 23.8 Å². The Bertz CT molecular complexity index is 1390. The van der Waals surface area contributed by atoms with Gasteiger partial charge in [-0.05, 0) is 37.1 Å². The minimum Gasteiger partial charge on any atom is -0.438 e. The van der Waals surface area contributed by atoms with Crippen LogP contribution in [-0.2, 0) is 24.7 Å². The Morgan fingerprint density at radius 1 is 1.14 bits per heavy atom. The molecule has 1 saturated heterocycles. The minimum absolute atomic E-state index is 0.0225. The van der Waals surface area contributed by atoms with Crippen molar-refractivity contribution in [2.24, 2.45) is 0 Å².